The van der Waals surface area contributed by atoms with Crippen LogP contribution in [-0.2, 0) is 22.7 Å². The van der Waals surface area contributed by atoms with Crippen molar-refractivity contribution >= 4 is 34.8 Å². The fourth-order valence-corrected chi connectivity index (χ4v) is 3.22. The molecule has 0 aliphatic carbocycles. The van der Waals surface area contributed by atoms with E-state index < -0.39 is 0 Å². The van der Waals surface area contributed by atoms with Gasteiger partial charge in [0.25, 0.3) is 5.91 Å². The van der Waals surface area contributed by atoms with Gasteiger partial charge < -0.3 is 15.4 Å². The van der Waals surface area contributed by atoms with Crippen molar-refractivity contribution in [3.05, 3.63) is 70.5 Å². The summed E-state index contributed by atoms with van der Waals surface area (Å²) in [5.41, 5.74) is 3.08. The molecule has 1 aromatic heterocycles. The van der Waals surface area contributed by atoms with Crippen LogP contribution in [0.1, 0.15) is 34.8 Å². The van der Waals surface area contributed by atoms with Crippen LogP contribution in [0.5, 0.6) is 0 Å². The molecular weight excluding hydrogens is 394 g/mol. The molecule has 29 heavy (non-hydrogen) atoms. The summed E-state index contributed by atoms with van der Waals surface area (Å²) in [7, 11) is 0. The van der Waals surface area contributed by atoms with E-state index in [-0.39, 0.29) is 30.2 Å². The summed E-state index contributed by atoms with van der Waals surface area (Å²) in [6, 6.07) is 14.3. The maximum Gasteiger partial charge on any atom is 0.278 e. The zero-order valence-electron chi connectivity index (χ0n) is 15.6. The van der Waals surface area contributed by atoms with Crippen molar-refractivity contribution in [2.24, 2.45) is 0 Å². The maximum atomic E-state index is 12.6. The summed E-state index contributed by atoms with van der Waals surface area (Å²) in [5, 5.41) is 14.3. The lowest BCUT2D eigenvalue weighted by atomic mass is 10.1. The highest BCUT2D eigenvalue weighted by Gasteiger charge is 2.27. The van der Waals surface area contributed by atoms with Gasteiger partial charge in [0.1, 0.15) is 6.10 Å². The van der Waals surface area contributed by atoms with E-state index in [9.17, 15) is 9.59 Å². The molecule has 2 aromatic carbocycles. The molecule has 148 valence electrons. The lowest BCUT2D eigenvalue weighted by molar-refractivity contribution is -0.114. The molecule has 9 heteroatoms. The largest absolute Gasteiger partial charge is 0.365 e. The van der Waals surface area contributed by atoms with E-state index in [4.69, 9.17) is 16.3 Å². The first-order valence-corrected chi connectivity index (χ1v) is 9.36. The number of carbonyl (C=O) groups excluding carboxylic acids is 2. The van der Waals surface area contributed by atoms with Crippen molar-refractivity contribution in [2.75, 3.05) is 10.6 Å². The summed E-state index contributed by atoms with van der Waals surface area (Å²) in [5.74, 6) is -0.526. The van der Waals surface area contributed by atoms with Gasteiger partial charge in [-0.15, -0.1) is 5.10 Å². The van der Waals surface area contributed by atoms with E-state index in [1.54, 1.807) is 28.9 Å². The third-order valence-corrected chi connectivity index (χ3v) is 4.77. The Labute approximate surface area is 171 Å². The van der Waals surface area contributed by atoms with Crippen molar-refractivity contribution in [2.45, 2.75) is 26.2 Å². The topological polar surface area (TPSA) is 98.1 Å². The molecular formula is C20H18ClN5O3. The van der Waals surface area contributed by atoms with Gasteiger partial charge in [-0.05, 0) is 42.0 Å². The van der Waals surface area contributed by atoms with Crippen molar-refractivity contribution in [3.8, 4) is 0 Å². The minimum atomic E-state index is -0.368. The Morgan fingerprint density at radius 2 is 1.72 bits per heavy atom. The highest BCUT2D eigenvalue weighted by molar-refractivity contribution is 6.30. The molecule has 0 unspecified atom stereocenters. The molecule has 0 radical (unpaired) electrons. The number of fused-ring (bicyclic) bond motifs is 1. The minimum absolute atomic E-state index is 0.158. The third kappa shape index (κ3) is 4.28. The van der Waals surface area contributed by atoms with Crippen LogP contribution in [0, 0.1) is 0 Å². The number of rotatable bonds is 4. The fourth-order valence-electron chi connectivity index (χ4n) is 3.10. The van der Waals surface area contributed by atoms with Crippen LogP contribution < -0.4 is 10.6 Å². The number of carbonyl (C=O) groups is 2. The zero-order chi connectivity index (χ0) is 20.4. The van der Waals surface area contributed by atoms with Gasteiger partial charge >= 0.3 is 0 Å². The molecule has 1 aliphatic rings. The molecule has 1 atom stereocenters. The number of hydrogen-bond acceptors (Lipinski definition) is 5. The van der Waals surface area contributed by atoms with Gasteiger partial charge in [0.15, 0.2) is 5.69 Å². The van der Waals surface area contributed by atoms with Gasteiger partial charge in [-0.2, -0.15) is 0 Å². The van der Waals surface area contributed by atoms with E-state index in [0.717, 1.165) is 5.56 Å². The molecule has 0 bridgehead atoms. The van der Waals surface area contributed by atoms with Crippen molar-refractivity contribution < 1.29 is 14.3 Å². The van der Waals surface area contributed by atoms with E-state index in [1.165, 1.54) is 6.92 Å². The fraction of sp³-hybridized carbons (Fsp3) is 0.200. The maximum absolute atomic E-state index is 12.6. The van der Waals surface area contributed by atoms with Crippen molar-refractivity contribution in [1.29, 1.82) is 0 Å². The number of hydrogen-bond donors (Lipinski definition) is 2. The number of aromatic nitrogens is 3. The predicted molar refractivity (Wildman–Crippen MR) is 108 cm³/mol. The molecule has 0 saturated heterocycles. The summed E-state index contributed by atoms with van der Waals surface area (Å²) in [6.45, 7) is 2.12. The van der Waals surface area contributed by atoms with Crippen LogP contribution in [0.4, 0.5) is 11.4 Å². The Balaban J connectivity index is 1.45. The highest BCUT2D eigenvalue weighted by atomic mass is 35.5. The Kier molecular flexibility index (Phi) is 5.28. The first-order valence-electron chi connectivity index (χ1n) is 8.98. The second kappa shape index (κ2) is 8.02. The van der Waals surface area contributed by atoms with Gasteiger partial charge in [-0.3, -0.25) is 9.59 Å². The van der Waals surface area contributed by atoms with E-state index in [2.05, 4.69) is 20.9 Å². The molecule has 0 spiro atoms. The second-order valence-electron chi connectivity index (χ2n) is 6.63. The number of benzene rings is 2. The normalized spacial score (nSPS) is 15.4. The van der Waals surface area contributed by atoms with Crippen LogP contribution in [0.3, 0.4) is 0 Å². The Morgan fingerprint density at radius 1 is 1.07 bits per heavy atom. The lowest BCUT2D eigenvalue weighted by Crippen LogP contribution is -2.24. The van der Waals surface area contributed by atoms with Gasteiger partial charge in [0.05, 0.1) is 18.8 Å². The van der Waals surface area contributed by atoms with E-state index in [0.29, 0.717) is 28.6 Å². The number of nitrogens with zero attached hydrogens (tertiary/aromatic N) is 3. The molecule has 4 rings (SSSR count). The highest BCUT2D eigenvalue weighted by Crippen LogP contribution is 2.28. The average Bonchev–Trinajstić information content (AvgIpc) is 3.13. The number of ether oxygens (including phenoxy) is 1. The summed E-state index contributed by atoms with van der Waals surface area (Å²) in [6.07, 6.45) is -0.182. The molecule has 8 nitrogen and oxygen atoms in total. The number of nitrogens with one attached hydrogen (secondary N) is 2. The first-order chi connectivity index (χ1) is 14.0. The number of halogens is 1. The number of amides is 2. The molecule has 3 aromatic rings. The van der Waals surface area contributed by atoms with Gasteiger partial charge in [0, 0.05) is 23.3 Å². The molecule has 1 aliphatic heterocycles. The summed E-state index contributed by atoms with van der Waals surface area (Å²) in [4.78, 5) is 23.7. The average molecular weight is 412 g/mol. The third-order valence-electron chi connectivity index (χ3n) is 4.52. The molecule has 2 heterocycles. The molecule has 2 N–H and O–H groups in total. The smallest absolute Gasteiger partial charge is 0.278 e. The van der Waals surface area contributed by atoms with Crippen LogP contribution in [-0.4, -0.2) is 26.8 Å². The van der Waals surface area contributed by atoms with E-state index >= 15 is 0 Å². The van der Waals surface area contributed by atoms with Crippen molar-refractivity contribution in [1.82, 2.24) is 15.0 Å². The second-order valence-corrected chi connectivity index (χ2v) is 7.07. The van der Waals surface area contributed by atoms with Gasteiger partial charge in [0.2, 0.25) is 5.91 Å². The standard InChI is InChI=1S/C20H18ClN5O3/c1-12(27)22-15-6-8-16(9-7-15)23-20(28)19-17-11-29-18(10-26(17)25-24-19)13-2-4-14(21)5-3-13/h2-9,18H,10-11H2,1H3,(H,22,27)(H,23,28)/t18-/m0/s1. The summed E-state index contributed by atoms with van der Waals surface area (Å²) >= 11 is 5.94. The molecule has 0 fully saturated rings. The predicted octanol–water partition coefficient (Wildman–Crippen LogP) is 3.41. The van der Waals surface area contributed by atoms with Crippen LogP contribution in [0.25, 0.3) is 0 Å². The minimum Gasteiger partial charge on any atom is -0.365 e. The van der Waals surface area contributed by atoms with Gasteiger partial charge in [-0.25, -0.2) is 4.68 Å². The Bertz CT molecular complexity index is 1050. The van der Waals surface area contributed by atoms with Crippen LogP contribution >= 0.6 is 11.6 Å². The zero-order valence-corrected chi connectivity index (χ0v) is 16.3. The summed E-state index contributed by atoms with van der Waals surface area (Å²) < 4.78 is 7.61. The Hall–Kier alpha value is -3.23. The van der Waals surface area contributed by atoms with Crippen molar-refractivity contribution in [3.63, 3.8) is 0 Å². The monoisotopic (exact) mass is 411 g/mol. The van der Waals surface area contributed by atoms with Crippen LogP contribution in [0.15, 0.2) is 48.5 Å². The van der Waals surface area contributed by atoms with Gasteiger partial charge in [-0.1, -0.05) is 28.9 Å². The molecule has 2 amide bonds. The Morgan fingerprint density at radius 3 is 2.38 bits per heavy atom. The van der Waals surface area contributed by atoms with E-state index in [1.807, 2.05) is 24.3 Å². The molecule has 0 saturated carbocycles. The lowest BCUT2D eigenvalue weighted by Gasteiger charge is -2.24. The quantitative estimate of drug-likeness (QED) is 0.685. The SMILES string of the molecule is CC(=O)Nc1ccc(NC(=O)c2nnn3c2CO[C@H](c2ccc(Cl)cc2)C3)cc1. The number of anilines is 2. The van der Waals surface area contributed by atoms with Crippen LogP contribution in [0.2, 0.25) is 5.02 Å². The first kappa shape index (κ1) is 19.1.